The van der Waals surface area contributed by atoms with E-state index in [0.717, 1.165) is 30.8 Å². The van der Waals surface area contributed by atoms with Crippen LogP contribution in [0.5, 0.6) is 5.75 Å². The van der Waals surface area contributed by atoms with E-state index >= 15 is 0 Å². The van der Waals surface area contributed by atoms with Gasteiger partial charge >= 0.3 is 0 Å². The first kappa shape index (κ1) is 14.7. The molecule has 1 aliphatic rings. The van der Waals surface area contributed by atoms with Crippen LogP contribution in [0.25, 0.3) is 0 Å². The Morgan fingerprint density at radius 1 is 1.43 bits per heavy atom. The predicted molar refractivity (Wildman–Crippen MR) is 84.3 cm³/mol. The van der Waals surface area contributed by atoms with Crippen molar-refractivity contribution in [2.75, 3.05) is 13.2 Å². The van der Waals surface area contributed by atoms with Crippen LogP contribution in [0.2, 0.25) is 10.0 Å². The van der Waals surface area contributed by atoms with E-state index < -0.39 is 0 Å². The maximum atomic E-state index is 6.19. The van der Waals surface area contributed by atoms with Crippen molar-refractivity contribution < 1.29 is 4.74 Å². The number of halogens is 2. The third kappa shape index (κ3) is 3.34. The molecule has 1 atom stereocenters. The van der Waals surface area contributed by atoms with Gasteiger partial charge in [0.15, 0.2) is 0 Å². The van der Waals surface area contributed by atoms with Crippen LogP contribution in [0.4, 0.5) is 0 Å². The molecule has 0 bridgehead atoms. The first-order valence-corrected chi connectivity index (χ1v) is 7.73. The minimum atomic E-state index is 0.210. The topological polar surface area (TPSA) is 39.1 Å². The van der Waals surface area contributed by atoms with E-state index in [-0.39, 0.29) is 6.04 Å². The van der Waals surface area contributed by atoms with Gasteiger partial charge in [-0.25, -0.2) is 0 Å². The Balaban J connectivity index is 1.67. The second-order valence-corrected chi connectivity index (χ2v) is 6.07. The summed E-state index contributed by atoms with van der Waals surface area (Å²) in [6.07, 6.45) is 4.80. The molecule has 0 aliphatic carbocycles. The van der Waals surface area contributed by atoms with Gasteiger partial charge in [-0.1, -0.05) is 23.2 Å². The lowest BCUT2D eigenvalue weighted by Gasteiger charge is -2.27. The molecule has 0 spiro atoms. The van der Waals surface area contributed by atoms with Gasteiger partial charge < -0.3 is 10.1 Å². The Kier molecular flexibility index (Phi) is 4.38. The molecule has 1 aliphatic heterocycles. The number of aryl methyl sites for hydroxylation is 1. The molecule has 0 saturated heterocycles. The van der Waals surface area contributed by atoms with Crippen LogP contribution in [0.1, 0.15) is 23.6 Å². The summed E-state index contributed by atoms with van der Waals surface area (Å²) in [5.41, 5.74) is 2.21. The second kappa shape index (κ2) is 6.26. The van der Waals surface area contributed by atoms with Crippen molar-refractivity contribution in [2.24, 2.45) is 0 Å². The molecular formula is C15H17Cl2N3O. The number of hydrogen-bond donors (Lipinski definition) is 1. The summed E-state index contributed by atoms with van der Waals surface area (Å²) < 4.78 is 7.60. The maximum absolute atomic E-state index is 6.19. The third-order valence-electron chi connectivity index (χ3n) is 3.56. The SMILES string of the molecule is Cc1cnn(CCNC2CCOc3c(Cl)cc(Cl)cc32)c1. The molecule has 3 rings (SSSR count). The minimum Gasteiger partial charge on any atom is -0.492 e. The Bertz CT molecular complexity index is 642. The number of aromatic nitrogens is 2. The Morgan fingerprint density at radius 2 is 2.29 bits per heavy atom. The van der Waals surface area contributed by atoms with Gasteiger partial charge in [-0.2, -0.15) is 5.10 Å². The lowest BCUT2D eigenvalue weighted by Crippen LogP contribution is -2.29. The Morgan fingerprint density at radius 3 is 3.05 bits per heavy atom. The highest BCUT2D eigenvalue weighted by atomic mass is 35.5. The van der Waals surface area contributed by atoms with Gasteiger partial charge in [0.05, 0.1) is 24.4 Å². The van der Waals surface area contributed by atoms with Gasteiger partial charge in [0.25, 0.3) is 0 Å². The molecule has 112 valence electrons. The monoisotopic (exact) mass is 325 g/mol. The Hall–Kier alpha value is -1.23. The van der Waals surface area contributed by atoms with Gasteiger partial charge in [-0.05, 0) is 24.6 Å². The molecule has 1 unspecified atom stereocenters. The molecular weight excluding hydrogens is 309 g/mol. The standard InChI is InChI=1S/C15H17Cl2N3O/c1-10-8-19-20(9-10)4-3-18-14-2-5-21-15-12(14)6-11(16)7-13(15)17/h6-9,14,18H,2-5H2,1H3. The number of nitrogens with one attached hydrogen (secondary N) is 1. The normalized spacial score (nSPS) is 17.4. The van der Waals surface area contributed by atoms with Crippen molar-refractivity contribution in [1.29, 1.82) is 0 Å². The summed E-state index contributed by atoms with van der Waals surface area (Å²) in [7, 11) is 0. The molecule has 1 N–H and O–H groups in total. The summed E-state index contributed by atoms with van der Waals surface area (Å²) in [4.78, 5) is 0. The van der Waals surface area contributed by atoms with E-state index in [1.165, 1.54) is 5.56 Å². The number of benzene rings is 1. The molecule has 4 nitrogen and oxygen atoms in total. The first-order valence-electron chi connectivity index (χ1n) is 6.97. The summed E-state index contributed by atoms with van der Waals surface area (Å²) in [5.74, 6) is 0.750. The summed E-state index contributed by atoms with van der Waals surface area (Å²) in [6, 6.07) is 3.86. The van der Waals surface area contributed by atoms with E-state index in [1.807, 2.05) is 30.1 Å². The van der Waals surface area contributed by atoms with Crippen molar-refractivity contribution in [3.05, 3.63) is 45.7 Å². The van der Waals surface area contributed by atoms with Crippen LogP contribution in [0.3, 0.4) is 0 Å². The van der Waals surface area contributed by atoms with E-state index in [2.05, 4.69) is 10.4 Å². The van der Waals surface area contributed by atoms with Crippen molar-refractivity contribution in [1.82, 2.24) is 15.1 Å². The highest BCUT2D eigenvalue weighted by Crippen LogP contribution is 2.39. The van der Waals surface area contributed by atoms with Crippen LogP contribution in [-0.2, 0) is 6.54 Å². The molecule has 6 heteroatoms. The van der Waals surface area contributed by atoms with Crippen molar-refractivity contribution >= 4 is 23.2 Å². The smallest absolute Gasteiger partial charge is 0.142 e. The first-order chi connectivity index (χ1) is 10.1. The van der Waals surface area contributed by atoms with Gasteiger partial charge in [-0.3, -0.25) is 4.68 Å². The van der Waals surface area contributed by atoms with Gasteiger partial charge in [0, 0.05) is 35.8 Å². The lowest BCUT2D eigenvalue weighted by molar-refractivity contribution is 0.252. The van der Waals surface area contributed by atoms with Crippen LogP contribution < -0.4 is 10.1 Å². The lowest BCUT2D eigenvalue weighted by atomic mass is 10.0. The number of ether oxygens (including phenoxy) is 1. The van der Waals surface area contributed by atoms with E-state index in [4.69, 9.17) is 27.9 Å². The zero-order chi connectivity index (χ0) is 14.8. The fourth-order valence-electron chi connectivity index (χ4n) is 2.58. The second-order valence-electron chi connectivity index (χ2n) is 5.23. The largest absolute Gasteiger partial charge is 0.492 e. The molecule has 0 amide bonds. The quantitative estimate of drug-likeness (QED) is 0.933. The predicted octanol–water partition coefficient (Wildman–Crippen LogP) is 3.61. The van der Waals surface area contributed by atoms with Gasteiger partial charge in [-0.15, -0.1) is 0 Å². The number of hydrogen-bond acceptors (Lipinski definition) is 3. The molecule has 2 heterocycles. The summed E-state index contributed by atoms with van der Waals surface area (Å²) >= 11 is 12.3. The fraction of sp³-hybridized carbons (Fsp3) is 0.400. The van der Waals surface area contributed by atoms with Crippen LogP contribution in [-0.4, -0.2) is 22.9 Å². The zero-order valence-electron chi connectivity index (χ0n) is 11.8. The van der Waals surface area contributed by atoms with Crippen molar-refractivity contribution in [3.8, 4) is 5.75 Å². The fourth-order valence-corrected chi connectivity index (χ4v) is 3.14. The minimum absolute atomic E-state index is 0.210. The van der Waals surface area contributed by atoms with Gasteiger partial charge in [0.2, 0.25) is 0 Å². The Labute approximate surface area is 134 Å². The number of fused-ring (bicyclic) bond motifs is 1. The molecule has 1 aromatic heterocycles. The third-order valence-corrected chi connectivity index (χ3v) is 4.06. The van der Waals surface area contributed by atoms with Crippen LogP contribution >= 0.6 is 23.2 Å². The highest BCUT2D eigenvalue weighted by molar-refractivity contribution is 6.35. The molecule has 1 aromatic carbocycles. The van der Waals surface area contributed by atoms with Crippen molar-refractivity contribution in [3.63, 3.8) is 0 Å². The van der Waals surface area contributed by atoms with Crippen LogP contribution in [0, 0.1) is 6.92 Å². The number of rotatable bonds is 4. The zero-order valence-corrected chi connectivity index (χ0v) is 13.3. The molecule has 0 saturated carbocycles. The highest BCUT2D eigenvalue weighted by Gasteiger charge is 2.23. The van der Waals surface area contributed by atoms with E-state index in [9.17, 15) is 0 Å². The summed E-state index contributed by atoms with van der Waals surface area (Å²) in [5, 5.41) is 9.03. The summed E-state index contributed by atoms with van der Waals surface area (Å²) in [6.45, 7) is 4.35. The molecule has 0 fully saturated rings. The van der Waals surface area contributed by atoms with Crippen LogP contribution in [0.15, 0.2) is 24.5 Å². The average Bonchev–Trinajstić information content (AvgIpc) is 2.85. The van der Waals surface area contributed by atoms with E-state index in [1.54, 1.807) is 6.07 Å². The number of nitrogens with zero attached hydrogens (tertiary/aromatic N) is 2. The average molecular weight is 326 g/mol. The maximum Gasteiger partial charge on any atom is 0.142 e. The van der Waals surface area contributed by atoms with Crippen molar-refractivity contribution in [2.45, 2.75) is 25.9 Å². The molecule has 0 radical (unpaired) electrons. The van der Waals surface area contributed by atoms with Gasteiger partial charge in [0.1, 0.15) is 5.75 Å². The molecule has 21 heavy (non-hydrogen) atoms. The molecule has 2 aromatic rings. The van der Waals surface area contributed by atoms with E-state index in [0.29, 0.717) is 16.7 Å².